The topological polar surface area (TPSA) is 78.3 Å². The molecule has 0 bridgehead atoms. The normalized spacial score (nSPS) is 10.2. The van der Waals surface area contributed by atoms with Crippen molar-refractivity contribution in [2.45, 2.75) is 0 Å². The van der Waals surface area contributed by atoms with Gasteiger partial charge in [0.2, 0.25) is 0 Å². The predicted octanol–water partition coefficient (Wildman–Crippen LogP) is 2.54. The van der Waals surface area contributed by atoms with Gasteiger partial charge in [-0.05, 0) is 36.4 Å². The van der Waals surface area contributed by atoms with Gasteiger partial charge >= 0.3 is 0 Å². The summed E-state index contributed by atoms with van der Waals surface area (Å²) < 4.78 is 12.2. The van der Waals surface area contributed by atoms with Gasteiger partial charge in [0, 0.05) is 11.3 Å². The SMILES string of the molecule is COc1ccc(C(=O)Nc2cccc(-n3cnnc3)c2)cc1OC. The molecule has 0 saturated carbocycles. The summed E-state index contributed by atoms with van der Waals surface area (Å²) in [5.41, 5.74) is 1.99. The molecule has 1 amide bonds. The van der Waals surface area contributed by atoms with E-state index in [1.165, 1.54) is 7.11 Å². The predicted molar refractivity (Wildman–Crippen MR) is 88.9 cm³/mol. The van der Waals surface area contributed by atoms with Crippen LogP contribution >= 0.6 is 0 Å². The summed E-state index contributed by atoms with van der Waals surface area (Å²) in [6, 6.07) is 12.4. The number of anilines is 1. The maximum atomic E-state index is 12.4. The molecule has 0 radical (unpaired) electrons. The Morgan fingerprint density at radius 1 is 1.00 bits per heavy atom. The highest BCUT2D eigenvalue weighted by atomic mass is 16.5. The average Bonchev–Trinajstić information content (AvgIpc) is 3.16. The van der Waals surface area contributed by atoms with Gasteiger partial charge in [0.15, 0.2) is 11.5 Å². The van der Waals surface area contributed by atoms with Crippen molar-refractivity contribution in [3.8, 4) is 17.2 Å². The number of hydrogen-bond donors (Lipinski definition) is 1. The highest BCUT2D eigenvalue weighted by Gasteiger charge is 2.11. The number of ether oxygens (including phenoxy) is 2. The molecule has 1 N–H and O–H groups in total. The van der Waals surface area contributed by atoms with Gasteiger partial charge in [0.1, 0.15) is 12.7 Å². The molecule has 0 aliphatic heterocycles. The van der Waals surface area contributed by atoms with Crippen molar-refractivity contribution in [1.29, 1.82) is 0 Å². The van der Waals surface area contributed by atoms with Gasteiger partial charge < -0.3 is 14.8 Å². The largest absolute Gasteiger partial charge is 0.493 e. The van der Waals surface area contributed by atoms with E-state index in [1.54, 1.807) is 42.5 Å². The lowest BCUT2D eigenvalue weighted by molar-refractivity contribution is 0.102. The third-order valence-corrected chi connectivity index (χ3v) is 3.47. The molecule has 1 aromatic heterocycles. The average molecular weight is 324 g/mol. The fraction of sp³-hybridized carbons (Fsp3) is 0.118. The van der Waals surface area contributed by atoms with Crippen molar-refractivity contribution in [3.05, 3.63) is 60.7 Å². The zero-order chi connectivity index (χ0) is 16.9. The summed E-state index contributed by atoms with van der Waals surface area (Å²) in [4.78, 5) is 12.4. The fourth-order valence-corrected chi connectivity index (χ4v) is 2.26. The Labute approximate surface area is 138 Å². The van der Waals surface area contributed by atoms with Gasteiger partial charge in [-0.2, -0.15) is 0 Å². The number of amides is 1. The highest BCUT2D eigenvalue weighted by molar-refractivity contribution is 6.04. The fourth-order valence-electron chi connectivity index (χ4n) is 2.26. The van der Waals surface area contributed by atoms with E-state index in [0.717, 1.165) is 5.69 Å². The van der Waals surface area contributed by atoms with Crippen LogP contribution in [0.4, 0.5) is 5.69 Å². The third kappa shape index (κ3) is 3.19. The summed E-state index contributed by atoms with van der Waals surface area (Å²) in [6.07, 6.45) is 3.19. The summed E-state index contributed by atoms with van der Waals surface area (Å²) in [5.74, 6) is 0.837. The standard InChI is InChI=1S/C17H16N4O3/c1-23-15-7-6-12(8-16(15)24-2)17(22)20-13-4-3-5-14(9-13)21-10-18-19-11-21/h3-11H,1-2H3,(H,20,22). The minimum Gasteiger partial charge on any atom is -0.493 e. The van der Waals surface area contributed by atoms with E-state index in [4.69, 9.17) is 9.47 Å². The van der Waals surface area contributed by atoms with Crippen molar-refractivity contribution >= 4 is 11.6 Å². The highest BCUT2D eigenvalue weighted by Crippen LogP contribution is 2.28. The van der Waals surface area contributed by atoms with Crippen LogP contribution in [0.15, 0.2) is 55.1 Å². The van der Waals surface area contributed by atoms with Crippen LogP contribution < -0.4 is 14.8 Å². The molecule has 0 atom stereocenters. The number of benzene rings is 2. The minimum absolute atomic E-state index is 0.239. The van der Waals surface area contributed by atoms with Crippen LogP contribution in [0, 0.1) is 0 Å². The number of carbonyl (C=O) groups is 1. The van der Waals surface area contributed by atoms with Crippen molar-refractivity contribution in [2.75, 3.05) is 19.5 Å². The maximum absolute atomic E-state index is 12.4. The van der Waals surface area contributed by atoms with E-state index < -0.39 is 0 Å². The molecule has 0 saturated heterocycles. The van der Waals surface area contributed by atoms with Gasteiger partial charge in [-0.3, -0.25) is 9.36 Å². The molecular weight excluding hydrogens is 308 g/mol. The van der Waals surface area contributed by atoms with Crippen LogP contribution in [-0.4, -0.2) is 34.9 Å². The molecule has 24 heavy (non-hydrogen) atoms. The number of aromatic nitrogens is 3. The second-order valence-corrected chi connectivity index (χ2v) is 4.94. The van der Waals surface area contributed by atoms with Crippen LogP contribution in [0.25, 0.3) is 5.69 Å². The van der Waals surface area contributed by atoms with Crippen LogP contribution in [0.2, 0.25) is 0 Å². The van der Waals surface area contributed by atoms with Crippen molar-refractivity contribution < 1.29 is 14.3 Å². The second-order valence-electron chi connectivity index (χ2n) is 4.94. The lowest BCUT2D eigenvalue weighted by atomic mass is 10.1. The molecule has 3 aromatic rings. The third-order valence-electron chi connectivity index (χ3n) is 3.47. The van der Waals surface area contributed by atoms with Gasteiger partial charge in [-0.1, -0.05) is 6.07 Å². The Bertz CT molecular complexity index is 847. The smallest absolute Gasteiger partial charge is 0.255 e. The monoisotopic (exact) mass is 324 g/mol. The summed E-state index contributed by atoms with van der Waals surface area (Å²) in [7, 11) is 3.08. The Morgan fingerprint density at radius 3 is 2.46 bits per heavy atom. The Kier molecular flexibility index (Phi) is 4.42. The van der Waals surface area contributed by atoms with Crippen molar-refractivity contribution in [3.63, 3.8) is 0 Å². The van der Waals surface area contributed by atoms with E-state index in [9.17, 15) is 4.79 Å². The first-order valence-electron chi connectivity index (χ1n) is 7.19. The molecule has 122 valence electrons. The van der Waals surface area contributed by atoms with Crippen LogP contribution in [0.1, 0.15) is 10.4 Å². The van der Waals surface area contributed by atoms with E-state index in [0.29, 0.717) is 22.7 Å². The number of carbonyl (C=O) groups excluding carboxylic acids is 1. The van der Waals surface area contributed by atoms with E-state index in [2.05, 4.69) is 15.5 Å². The number of nitrogens with zero attached hydrogens (tertiary/aromatic N) is 3. The van der Waals surface area contributed by atoms with E-state index in [1.807, 2.05) is 24.3 Å². The molecule has 2 aromatic carbocycles. The Morgan fingerprint density at radius 2 is 1.75 bits per heavy atom. The van der Waals surface area contributed by atoms with Gasteiger partial charge in [-0.25, -0.2) is 0 Å². The first-order valence-corrected chi connectivity index (χ1v) is 7.19. The molecule has 0 unspecified atom stereocenters. The molecule has 0 spiro atoms. The molecule has 7 nitrogen and oxygen atoms in total. The zero-order valence-electron chi connectivity index (χ0n) is 13.3. The van der Waals surface area contributed by atoms with Crippen LogP contribution in [0.5, 0.6) is 11.5 Å². The van der Waals surface area contributed by atoms with Gasteiger partial charge in [0.25, 0.3) is 5.91 Å². The van der Waals surface area contributed by atoms with E-state index in [-0.39, 0.29) is 5.91 Å². The lowest BCUT2D eigenvalue weighted by Crippen LogP contribution is -2.12. The van der Waals surface area contributed by atoms with Crippen LogP contribution in [-0.2, 0) is 0 Å². The van der Waals surface area contributed by atoms with Crippen molar-refractivity contribution in [1.82, 2.24) is 14.8 Å². The Hall–Kier alpha value is -3.35. The number of nitrogens with one attached hydrogen (secondary N) is 1. The minimum atomic E-state index is -0.239. The zero-order valence-corrected chi connectivity index (χ0v) is 13.3. The lowest BCUT2D eigenvalue weighted by Gasteiger charge is -2.11. The number of methoxy groups -OCH3 is 2. The molecular formula is C17H16N4O3. The van der Waals surface area contributed by atoms with Gasteiger partial charge in [0.05, 0.1) is 19.9 Å². The molecule has 0 aliphatic carbocycles. The molecule has 0 fully saturated rings. The first-order chi connectivity index (χ1) is 11.7. The maximum Gasteiger partial charge on any atom is 0.255 e. The first kappa shape index (κ1) is 15.5. The second kappa shape index (κ2) is 6.82. The Balaban J connectivity index is 1.81. The number of hydrogen-bond acceptors (Lipinski definition) is 5. The van der Waals surface area contributed by atoms with Gasteiger partial charge in [-0.15, -0.1) is 10.2 Å². The molecule has 3 rings (SSSR count). The molecule has 0 aliphatic rings. The number of rotatable bonds is 5. The van der Waals surface area contributed by atoms with Crippen molar-refractivity contribution in [2.24, 2.45) is 0 Å². The molecule has 1 heterocycles. The summed E-state index contributed by atoms with van der Waals surface area (Å²) in [6.45, 7) is 0. The van der Waals surface area contributed by atoms with Crippen LogP contribution in [0.3, 0.4) is 0 Å². The summed E-state index contributed by atoms with van der Waals surface area (Å²) in [5, 5.41) is 10.4. The summed E-state index contributed by atoms with van der Waals surface area (Å²) >= 11 is 0. The molecule has 7 heteroatoms. The van der Waals surface area contributed by atoms with E-state index >= 15 is 0 Å². The quantitative estimate of drug-likeness (QED) is 0.780.